The first-order valence-electron chi connectivity index (χ1n) is 5.39. The summed E-state index contributed by atoms with van der Waals surface area (Å²) in [4.78, 5) is 11.2. The average Bonchev–Trinajstić information content (AvgIpc) is 2.16. The lowest BCUT2D eigenvalue weighted by Gasteiger charge is -2.08. The van der Waals surface area contributed by atoms with Gasteiger partial charge in [-0.05, 0) is 12.8 Å². The van der Waals surface area contributed by atoms with Crippen LogP contribution in [0.1, 0.15) is 52.9 Å². The van der Waals surface area contributed by atoms with Crippen LogP contribution in [0.15, 0.2) is 0 Å². The maximum Gasteiger partial charge on any atom is 0.308 e. The quantitative estimate of drug-likeness (QED) is 0.451. The highest BCUT2D eigenvalue weighted by molar-refractivity contribution is 5.71. The van der Waals surface area contributed by atoms with Gasteiger partial charge in [-0.1, -0.05) is 40.0 Å². The summed E-state index contributed by atoms with van der Waals surface area (Å²) in [7, 11) is 0. The normalized spacial score (nSPS) is 12.5. The molecule has 0 saturated carbocycles. The molecule has 0 radical (unpaired) electrons. The van der Waals surface area contributed by atoms with Gasteiger partial charge in [-0.15, -0.1) is 0 Å². The Balaban J connectivity index is 3.27. The zero-order valence-corrected chi connectivity index (χ0v) is 9.14. The van der Waals surface area contributed by atoms with Gasteiger partial charge in [-0.3, -0.25) is 4.79 Å². The van der Waals surface area contributed by atoms with E-state index in [0.29, 0.717) is 6.61 Å². The lowest BCUT2D eigenvalue weighted by Crippen LogP contribution is -2.14. The minimum Gasteiger partial charge on any atom is -0.465 e. The van der Waals surface area contributed by atoms with Crippen LogP contribution < -0.4 is 0 Å². The van der Waals surface area contributed by atoms with Gasteiger partial charge in [0.2, 0.25) is 0 Å². The fourth-order valence-corrected chi connectivity index (χ4v) is 1.01. The molecule has 0 fully saturated rings. The molecule has 0 rings (SSSR count). The summed E-state index contributed by atoms with van der Waals surface area (Å²) in [6.07, 6.45) is 5.51. The van der Waals surface area contributed by atoms with E-state index in [0.717, 1.165) is 12.8 Å². The molecule has 0 bridgehead atoms. The number of rotatable bonds is 7. The molecule has 0 aliphatic carbocycles. The molecular formula is C11H22O2. The minimum atomic E-state index is -0.0426. The molecule has 0 saturated heterocycles. The van der Waals surface area contributed by atoms with Crippen molar-refractivity contribution in [3.05, 3.63) is 0 Å². The number of esters is 1. The third kappa shape index (κ3) is 6.62. The summed E-state index contributed by atoms with van der Waals surface area (Å²) in [6, 6.07) is 0. The van der Waals surface area contributed by atoms with Gasteiger partial charge >= 0.3 is 5.97 Å². The Kier molecular flexibility index (Phi) is 7.76. The van der Waals surface area contributed by atoms with E-state index in [1.54, 1.807) is 0 Å². The molecule has 2 nitrogen and oxygen atoms in total. The fourth-order valence-electron chi connectivity index (χ4n) is 1.01. The Morgan fingerprint density at radius 1 is 1.23 bits per heavy atom. The first-order chi connectivity index (χ1) is 6.22. The summed E-state index contributed by atoms with van der Waals surface area (Å²) in [5.41, 5.74) is 0. The van der Waals surface area contributed by atoms with E-state index in [9.17, 15) is 4.79 Å². The lowest BCUT2D eigenvalue weighted by atomic mass is 10.1. The predicted molar refractivity (Wildman–Crippen MR) is 54.6 cm³/mol. The molecule has 0 aliphatic rings. The number of unbranched alkanes of at least 4 members (excludes halogenated alkanes) is 3. The van der Waals surface area contributed by atoms with Crippen LogP contribution >= 0.6 is 0 Å². The number of ether oxygens (including phenoxy) is 1. The zero-order valence-electron chi connectivity index (χ0n) is 9.14. The summed E-state index contributed by atoms with van der Waals surface area (Å²) >= 11 is 0. The molecule has 0 aromatic rings. The van der Waals surface area contributed by atoms with E-state index in [1.807, 2.05) is 13.8 Å². The molecule has 2 heteroatoms. The Morgan fingerprint density at radius 2 is 1.92 bits per heavy atom. The highest BCUT2D eigenvalue weighted by Crippen LogP contribution is 2.05. The summed E-state index contributed by atoms with van der Waals surface area (Å²) in [5, 5.41) is 0. The minimum absolute atomic E-state index is 0.0426. The standard InChI is InChI=1S/C11H22O2/c1-4-6-7-8-9-13-11(12)10(3)5-2/h10H,4-9H2,1-3H3/t10-/m1/s1. The smallest absolute Gasteiger partial charge is 0.308 e. The molecule has 1 atom stereocenters. The molecule has 0 spiro atoms. The van der Waals surface area contributed by atoms with Gasteiger partial charge in [-0.25, -0.2) is 0 Å². The molecule has 0 aromatic carbocycles. The van der Waals surface area contributed by atoms with Gasteiger partial charge < -0.3 is 4.74 Å². The summed E-state index contributed by atoms with van der Waals surface area (Å²) in [5.74, 6) is 0.0187. The van der Waals surface area contributed by atoms with Gasteiger partial charge in [0.05, 0.1) is 12.5 Å². The van der Waals surface area contributed by atoms with Crippen molar-refractivity contribution in [2.45, 2.75) is 52.9 Å². The number of hydrogen-bond acceptors (Lipinski definition) is 2. The summed E-state index contributed by atoms with van der Waals surface area (Å²) < 4.78 is 5.10. The second-order valence-corrected chi connectivity index (χ2v) is 3.54. The van der Waals surface area contributed by atoms with E-state index < -0.39 is 0 Å². The van der Waals surface area contributed by atoms with Crippen molar-refractivity contribution in [3.63, 3.8) is 0 Å². The maximum absolute atomic E-state index is 11.2. The SMILES string of the molecule is CCCCCCOC(=O)[C@H](C)CC. The van der Waals surface area contributed by atoms with E-state index in [2.05, 4.69) is 6.92 Å². The second kappa shape index (κ2) is 8.09. The monoisotopic (exact) mass is 186 g/mol. The second-order valence-electron chi connectivity index (χ2n) is 3.54. The van der Waals surface area contributed by atoms with Gasteiger partial charge in [0.25, 0.3) is 0 Å². The largest absolute Gasteiger partial charge is 0.465 e. The molecular weight excluding hydrogens is 164 g/mol. The highest BCUT2D eigenvalue weighted by Gasteiger charge is 2.10. The Bertz CT molecular complexity index is 132. The van der Waals surface area contributed by atoms with Crippen molar-refractivity contribution in [3.8, 4) is 0 Å². The van der Waals surface area contributed by atoms with Crippen LogP contribution in [0.3, 0.4) is 0 Å². The van der Waals surface area contributed by atoms with Crippen molar-refractivity contribution in [2.24, 2.45) is 5.92 Å². The number of hydrogen-bond donors (Lipinski definition) is 0. The zero-order chi connectivity index (χ0) is 10.1. The Hall–Kier alpha value is -0.530. The van der Waals surface area contributed by atoms with Crippen molar-refractivity contribution in [1.82, 2.24) is 0 Å². The first kappa shape index (κ1) is 12.5. The molecule has 13 heavy (non-hydrogen) atoms. The van der Waals surface area contributed by atoms with Crippen LogP contribution in [0.4, 0.5) is 0 Å². The van der Waals surface area contributed by atoms with Gasteiger partial charge in [0.15, 0.2) is 0 Å². The number of carbonyl (C=O) groups excluding carboxylic acids is 1. The Labute approximate surface area is 81.7 Å². The van der Waals surface area contributed by atoms with Crippen LogP contribution in [0.2, 0.25) is 0 Å². The van der Waals surface area contributed by atoms with Crippen molar-refractivity contribution < 1.29 is 9.53 Å². The molecule has 0 aliphatic heterocycles. The predicted octanol–water partition coefficient (Wildman–Crippen LogP) is 3.16. The summed E-state index contributed by atoms with van der Waals surface area (Å²) in [6.45, 7) is 6.69. The van der Waals surface area contributed by atoms with E-state index in [-0.39, 0.29) is 11.9 Å². The Morgan fingerprint density at radius 3 is 2.46 bits per heavy atom. The van der Waals surface area contributed by atoms with Crippen LogP contribution in [-0.4, -0.2) is 12.6 Å². The van der Waals surface area contributed by atoms with Gasteiger partial charge in [0, 0.05) is 0 Å². The van der Waals surface area contributed by atoms with Crippen LogP contribution in [0.5, 0.6) is 0 Å². The molecule has 0 heterocycles. The van der Waals surface area contributed by atoms with Crippen LogP contribution in [0, 0.1) is 5.92 Å². The third-order valence-corrected chi connectivity index (χ3v) is 2.26. The van der Waals surface area contributed by atoms with E-state index in [4.69, 9.17) is 4.74 Å². The lowest BCUT2D eigenvalue weighted by molar-refractivity contribution is -0.148. The molecule has 78 valence electrons. The fraction of sp³-hybridized carbons (Fsp3) is 0.909. The van der Waals surface area contributed by atoms with Crippen molar-refractivity contribution in [2.75, 3.05) is 6.61 Å². The molecule has 0 unspecified atom stereocenters. The van der Waals surface area contributed by atoms with Crippen LogP contribution in [0.25, 0.3) is 0 Å². The highest BCUT2D eigenvalue weighted by atomic mass is 16.5. The maximum atomic E-state index is 11.2. The first-order valence-corrected chi connectivity index (χ1v) is 5.39. The van der Waals surface area contributed by atoms with E-state index in [1.165, 1.54) is 19.3 Å². The van der Waals surface area contributed by atoms with Crippen LogP contribution in [-0.2, 0) is 9.53 Å². The van der Waals surface area contributed by atoms with Crippen molar-refractivity contribution in [1.29, 1.82) is 0 Å². The topological polar surface area (TPSA) is 26.3 Å². The number of carbonyl (C=O) groups is 1. The molecule has 0 N–H and O–H groups in total. The van der Waals surface area contributed by atoms with Gasteiger partial charge in [-0.2, -0.15) is 0 Å². The molecule has 0 amide bonds. The van der Waals surface area contributed by atoms with Crippen molar-refractivity contribution >= 4 is 5.97 Å². The van der Waals surface area contributed by atoms with Gasteiger partial charge in [0.1, 0.15) is 0 Å². The third-order valence-electron chi connectivity index (χ3n) is 2.26. The van der Waals surface area contributed by atoms with E-state index >= 15 is 0 Å². The molecule has 0 aromatic heterocycles. The average molecular weight is 186 g/mol.